The molecule has 0 rings (SSSR count). The predicted molar refractivity (Wildman–Crippen MR) is 49.2 cm³/mol. The third-order valence-electron chi connectivity index (χ3n) is 1.48. The maximum atomic E-state index is 11.0. The number of aliphatic hydroxyl groups is 1. The Morgan fingerprint density at radius 3 is 2.58 bits per heavy atom. The maximum absolute atomic E-state index is 11.0. The molecule has 0 saturated heterocycles. The van der Waals surface area contributed by atoms with Crippen LogP contribution in [-0.4, -0.2) is 29.5 Å². The Hall–Kier alpha value is -0.280. The van der Waals surface area contributed by atoms with Crippen molar-refractivity contribution >= 4 is 17.5 Å². The molecule has 0 aliphatic heterocycles. The van der Waals surface area contributed by atoms with E-state index in [-0.39, 0.29) is 11.8 Å². The van der Waals surface area contributed by atoms with Crippen molar-refractivity contribution in [1.82, 2.24) is 5.32 Å². The van der Waals surface area contributed by atoms with E-state index in [0.717, 1.165) is 0 Å². The first-order valence-electron chi connectivity index (χ1n) is 4.09. The van der Waals surface area contributed by atoms with Crippen LogP contribution in [0.1, 0.15) is 20.3 Å². The molecular formula is C8H16ClNO2. The number of carbonyl (C=O) groups is 1. The summed E-state index contributed by atoms with van der Waals surface area (Å²) in [4.78, 5) is 11.0. The average Bonchev–Trinajstić information content (AvgIpc) is 2.00. The molecule has 1 atom stereocenters. The molecule has 0 fully saturated rings. The Kier molecular flexibility index (Phi) is 6.11. The highest BCUT2D eigenvalue weighted by atomic mass is 35.5. The first-order chi connectivity index (χ1) is 5.57. The summed E-state index contributed by atoms with van der Waals surface area (Å²) in [6.07, 6.45) is -0.00914. The van der Waals surface area contributed by atoms with E-state index in [9.17, 15) is 9.90 Å². The molecule has 3 nitrogen and oxygen atoms in total. The molecule has 2 N–H and O–H groups in total. The average molecular weight is 194 g/mol. The minimum absolute atomic E-state index is 0.0341. The number of amides is 1. The smallest absolute Gasteiger partial charge is 0.222 e. The van der Waals surface area contributed by atoms with Crippen LogP contribution >= 0.6 is 11.6 Å². The van der Waals surface area contributed by atoms with Gasteiger partial charge in [-0.15, -0.1) is 11.6 Å². The second-order valence-electron chi connectivity index (χ2n) is 3.03. The van der Waals surface area contributed by atoms with Gasteiger partial charge in [0.25, 0.3) is 0 Å². The summed E-state index contributed by atoms with van der Waals surface area (Å²) in [6.45, 7) is 3.91. The molecule has 0 heterocycles. The van der Waals surface area contributed by atoms with Gasteiger partial charge in [0.1, 0.15) is 0 Å². The fraction of sp³-hybridized carbons (Fsp3) is 0.875. The Labute approximate surface area is 78.1 Å². The summed E-state index contributed by atoms with van der Waals surface area (Å²) in [5.41, 5.74) is 0. The second kappa shape index (κ2) is 6.26. The van der Waals surface area contributed by atoms with Crippen LogP contribution < -0.4 is 5.32 Å². The molecule has 0 aliphatic rings. The van der Waals surface area contributed by atoms with Gasteiger partial charge in [-0.05, 0) is 6.42 Å². The van der Waals surface area contributed by atoms with Crippen LogP contribution in [0.15, 0.2) is 0 Å². The molecule has 0 radical (unpaired) electrons. The predicted octanol–water partition coefficient (Wildman–Crippen LogP) is 0.748. The molecule has 12 heavy (non-hydrogen) atoms. The summed E-state index contributed by atoms with van der Waals surface area (Å²) in [6, 6.07) is 0. The third kappa shape index (κ3) is 5.38. The Bertz CT molecular complexity index is 139. The Morgan fingerprint density at radius 1 is 1.58 bits per heavy atom. The van der Waals surface area contributed by atoms with E-state index in [2.05, 4.69) is 5.32 Å². The van der Waals surface area contributed by atoms with Gasteiger partial charge >= 0.3 is 0 Å². The largest absolute Gasteiger partial charge is 0.391 e. The van der Waals surface area contributed by atoms with Crippen molar-refractivity contribution in [2.75, 3.05) is 12.4 Å². The number of rotatable bonds is 5. The molecule has 1 unspecified atom stereocenters. The van der Waals surface area contributed by atoms with Gasteiger partial charge in [0.15, 0.2) is 0 Å². The van der Waals surface area contributed by atoms with E-state index < -0.39 is 6.10 Å². The summed E-state index contributed by atoms with van der Waals surface area (Å²) in [5.74, 6) is 0.343. The molecule has 72 valence electrons. The Morgan fingerprint density at radius 2 is 2.17 bits per heavy atom. The van der Waals surface area contributed by atoms with Crippen LogP contribution in [0, 0.1) is 5.92 Å². The summed E-state index contributed by atoms with van der Waals surface area (Å²) in [5, 5.41) is 11.8. The van der Waals surface area contributed by atoms with Crippen molar-refractivity contribution in [3.8, 4) is 0 Å². The lowest BCUT2D eigenvalue weighted by Gasteiger charge is -2.11. The zero-order chi connectivity index (χ0) is 9.56. The summed E-state index contributed by atoms with van der Waals surface area (Å²) in [7, 11) is 0. The molecule has 1 amide bonds. The van der Waals surface area contributed by atoms with Crippen molar-refractivity contribution < 1.29 is 9.90 Å². The molecule has 0 aliphatic carbocycles. The highest BCUT2D eigenvalue weighted by Crippen LogP contribution is 1.94. The number of hydrogen-bond donors (Lipinski definition) is 2. The van der Waals surface area contributed by atoms with E-state index >= 15 is 0 Å². The van der Waals surface area contributed by atoms with Crippen LogP contribution in [0.5, 0.6) is 0 Å². The first kappa shape index (κ1) is 11.7. The van der Waals surface area contributed by atoms with Crippen molar-refractivity contribution in [1.29, 1.82) is 0 Å². The standard InChI is InChI=1S/C8H16ClNO2/c1-6(2)8(12)10-5-7(11)3-4-9/h6-7,11H,3-5H2,1-2H3,(H,10,12). The van der Waals surface area contributed by atoms with Gasteiger partial charge in [0.2, 0.25) is 5.91 Å². The summed E-state index contributed by atoms with van der Waals surface area (Å²) >= 11 is 5.40. The van der Waals surface area contributed by atoms with Crippen molar-refractivity contribution in [3.05, 3.63) is 0 Å². The SMILES string of the molecule is CC(C)C(=O)NCC(O)CCCl. The van der Waals surface area contributed by atoms with Crippen molar-refractivity contribution in [2.45, 2.75) is 26.4 Å². The molecule has 0 aromatic carbocycles. The van der Waals surface area contributed by atoms with Crippen LogP contribution in [0.4, 0.5) is 0 Å². The van der Waals surface area contributed by atoms with Crippen LogP contribution in [0.2, 0.25) is 0 Å². The highest BCUT2D eigenvalue weighted by molar-refractivity contribution is 6.17. The zero-order valence-electron chi connectivity index (χ0n) is 7.51. The molecule has 0 spiro atoms. The van der Waals surface area contributed by atoms with Gasteiger partial charge in [-0.3, -0.25) is 4.79 Å². The fourth-order valence-electron chi connectivity index (χ4n) is 0.651. The van der Waals surface area contributed by atoms with E-state index in [1.807, 2.05) is 13.8 Å². The fourth-order valence-corrected chi connectivity index (χ4v) is 0.902. The lowest BCUT2D eigenvalue weighted by Crippen LogP contribution is -2.34. The second-order valence-corrected chi connectivity index (χ2v) is 3.41. The van der Waals surface area contributed by atoms with Crippen LogP contribution in [0.3, 0.4) is 0 Å². The quantitative estimate of drug-likeness (QED) is 0.634. The number of hydrogen-bond acceptors (Lipinski definition) is 2. The minimum Gasteiger partial charge on any atom is -0.391 e. The molecular weight excluding hydrogens is 178 g/mol. The highest BCUT2D eigenvalue weighted by Gasteiger charge is 2.08. The van der Waals surface area contributed by atoms with Crippen molar-refractivity contribution in [2.24, 2.45) is 5.92 Å². The first-order valence-corrected chi connectivity index (χ1v) is 4.63. The van der Waals surface area contributed by atoms with Crippen molar-refractivity contribution in [3.63, 3.8) is 0 Å². The number of aliphatic hydroxyl groups excluding tert-OH is 1. The van der Waals surface area contributed by atoms with Crippen LogP contribution in [-0.2, 0) is 4.79 Å². The normalized spacial score (nSPS) is 13.1. The maximum Gasteiger partial charge on any atom is 0.222 e. The number of alkyl halides is 1. The van der Waals surface area contributed by atoms with E-state index in [1.165, 1.54) is 0 Å². The van der Waals surface area contributed by atoms with Gasteiger partial charge < -0.3 is 10.4 Å². The molecule has 0 saturated carbocycles. The molecule has 4 heteroatoms. The monoisotopic (exact) mass is 193 g/mol. The summed E-state index contributed by atoms with van der Waals surface area (Å²) < 4.78 is 0. The van der Waals surface area contributed by atoms with E-state index in [4.69, 9.17) is 11.6 Å². The van der Waals surface area contributed by atoms with Gasteiger partial charge in [-0.2, -0.15) is 0 Å². The van der Waals surface area contributed by atoms with Gasteiger partial charge in [-0.25, -0.2) is 0 Å². The number of halogens is 1. The van der Waals surface area contributed by atoms with Gasteiger partial charge in [-0.1, -0.05) is 13.8 Å². The van der Waals surface area contributed by atoms with Gasteiger partial charge in [0, 0.05) is 18.3 Å². The minimum atomic E-state index is -0.523. The molecule has 0 aromatic rings. The molecule has 0 aromatic heterocycles. The third-order valence-corrected chi connectivity index (χ3v) is 1.70. The van der Waals surface area contributed by atoms with Gasteiger partial charge in [0.05, 0.1) is 6.10 Å². The Balaban J connectivity index is 3.47. The lowest BCUT2D eigenvalue weighted by molar-refractivity contribution is -0.124. The van der Waals surface area contributed by atoms with E-state index in [1.54, 1.807) is 0 Å². The topological polar surface area (TPSA) is 49.3 Å². The van der Waals surface area contributed by atoms with E-state index in [0.29, 0.717) is 18.8 Å². The zero-order valence-corrected chi connectivity index (χ0v) is 8.27. The number of nitrogens with one attached hydrogen (secondary N) is 1. The van der Waals surface area contributed by atoms with Crippen LogP contribution in [0.25, 0.3) is 0 Å². The molecule has 0 bridgehead atoms. The number of carbonyl (C=O) groups excluding carboxylic acids is 1. The lowest BCUT2D eigenvalue weighted by atomic mass is 10.2.